The molecule has 1 nitrogen and oxygen atoms in total. The Labute approximate surface area is 99.3 Å². The molecule has 1 fully saturated rings. The smallest absolute Gasteiger partial charge is 0.0616 e. The van der Waals surface area contributed by atoms with Crippen LogP contribution in [0.4, 0.5) is 0 Å². The molecule has 0 heterocycles. The number of hydrogen-bond donors (Lipinski definition) is 1. The maximum atomic E-state index is 10.3. The minimum Gasteiger partial charge on any atom is -0.392 e. The Balaban J connectivity index is 2.22. The molecule has 1 heteroatoms. The molecule has 2 rings (SSSR count). The summed E-state index contributed by atoms with van der Waals surface area (Å²) in [4.78, 5) is 0. The molecule has 0 amide bonds. The summed E-state index contributed by atoms with van der Waals surface area (Å²) in [5, 5.41) is 10.3. The fourth-order valence-corrected chi connectivity index (χ4v) is 3.25. The van der Waals surface area contributed by atoms with Crippen LogP contribution in [0.1, 0.15) is 47.0 Å². The highest BCUT2D eigenvalue weighted by Gasteiger charge is 2.59. The Morgan fingerprint density at radius 2 is 1.94 bits per heavy atom. The van der Waals surface area contributed by atoms with Crippen LogP contribution in [0.15, 0.2) is 23.3 Å². The van der Waals surface area contributed by atoms with Gasteiger partial charge in [-0.3, -0.25) is 0 Å². The van der Waals surface area contributed by atoms with Gasteiger partial charge < -0.3 is 5.11 Å². The summed E-state index contributed by atoms with van der Waals surface area (Å²) in [6.07, 6.45) is 7.69. The lowest BCUT2D eigenvalue weighted by atomic mass is 9.99. The highest BCUT2D eigenvalue weighted by molar-refractivity contribution is 5.22. The van der Waals surface area contributed by atoms with E-state index in [1.165, 1.54) is 17.6 Å². The van der Waals surface area contributed by atoms with E-state index in [0.717, 1.165) is 12.8 Å². The molecule has 0 bridgehead atoms. The van der Waals surface area contributed by atoms with Crippen molar-refractivity contribution in [1.29, 1.82) is 0 Å². The SMILES string of the molecule is C/C1=C/CC/C(C)=C/[C@H]2[C@@H]([C@@H](O)C1)C2(C)C. The Bertz CT molecular complexity index is 335. The van der Waals surface area contributed by atoms with Crippen LogP contribution < -0.4 is 0 Å². The maximum absolute atomic E-state index is 10.3. The second-order valence-electron chi connectivity index (χ2n) is 6.25. The van der Waals surface area contributed by atoms with E-state index in [-0.39, 0.29) is 6.10 Å². The number of fused-ring (bicyclic) bond motifs is 1. The molecule has 2 aliphatic rings. The zero-order valence-corrected chi connectivity index (χ0v) is 11.0. The normalized spacial score (nSPS) is 44.7. The second kappa shape index (κ2) is 4.03. The van der Waals surface area contributed by atoms with Gasteiger partial charge in [-0.2, -0.15) is 0 Å². The summed E-state index contributed by atoms with van der Waals surface area (Å²) >= 11 is 0. The summed E-state index contributed by atoms with van der Waals surface area (Å²) < 4.78 is 0. The third kappa shape index (κ3) is 2.10. The summed E-state index contributed by atoms with van der Waals surface area (Å²) in [6, 6.07) is 0. The van der Waals surface area contributed by atoms with E-state index in [0.29, 0.717) is 17.3 Å². The summed E-state index contributed by atoms with van der Waals surface area (Å²) in [7, 11) is 0. The molecule has 90 valence electrons. The largest absolute Gasteiger partial charge is 0.392 e. The first-order chi connectivity index (χ1) is 7.43. The molecular formula is C15H24O. The molecule has 0 aromatic rings. The van der Waals surface area contributed by atoms with Crippen LogP contribution in [0.3, 0.4) is 0 Å². The van der Waals surface area contributed by atoms with Crippen LogP contribution in [0.25, 0.3) is 0 Å². The van der Waals surface area contributed by atoms with Gasteiger partial charge in [-0.25, -0.2) is 0 Å². The first-order valence-corrected chi connectivity index (χ1v) is 6.44. The van der Waals surface area contributed by atoms with Crippen molar-refractivity contribution in [2.24, 2.45) is 17.3 Å². The minimum absolute atomic E-state index is 0.154. The molecule has 1 saturated carbocycles. The Morgan fingerprint density at radius 3 is 2.62 bits per heavy atom. The van der Waals surface area contributed by atoms with Gasteiger partial charge in [0.1, 0.15) is 0 Å². The highest BCUT2D eigenvalue weighted by atomic mass is 16.3. The van der Waals surface area contributed by atoms with Crippen molar-refractivity contribution in [3.05, 3.63) is 23.3 Å². The lowest BCUT2D eigenvalue weighted by molar-refractivity contribution is 0.135. The lowest BCUT2D eigenvalue weighted by Gasteiger charge is -2.13. The van der Waals surface area contributed by atoms with E-state index in [9.17, 15) is 5.11 Å². The zero-order valence-electron chi connectivity index (χ0n) is 11.0. The molecule has 0 unspecified atom stereocenters. The number of allylic oxidation sites excluding steroid dienone is 3. The van der Waals surface area contributed by atoms with Crippen LogP contribution in [0.2, 0.25) is 0 Å². The predicted molar refractivity (Wildman–Crippen MR) is 68.1 cm³/mol. The average molecular weight is 220 g/mol. The van der Waals surface area contributed by atoms with Crippen molar-refractivity contribution < 1.29 is 5.11 Å². The van der Waals surface area contributed by atoms with Crippen molar-refractivity contribution in [3.8, 4) is 0 Å². The molecule has 0 aliphatic heterocycles. The summed E-state index contributed by atoms with van der Waals surface area (Å²) in [5.74, 6) is 1.05. The van der Waals surface area contributed by atoms with Gasteiger partial charge in [-0.15, -0.1) is 0 Å². The van der Waals surface area contributed by atoms with Gasteiger partial charge in [-0.05, 0) is 50.4 Å². The Morgan fingerprint density at radius 1 is 1.25 bits per heavy atom. The van der Waals surface area contributed by atoms with Crippen LogP contribution in [-0.2, 0) is 0 Å². The van der Waals surface area contributed by atoms with Crippen molar-refractivity contribution in [3.63, 3.8) is 0 Å². The quantitative estimate of drug-likeness (QED) is 0.617. The van der Waals surface area contributed by atoms with Gasteiger partial charge >= 0.3 is 0 Å². The standard InChI is InChI=1S/C15H24O/c1-10-6-5-7-11(2)9-13(16)14-12(8-10)15(14,3)4/h7-8,12-14,16H,5-6,9H2,1-4H3/b10-8+,11-7-/t12-,13-,14-/m0/s1. The van der Waals surface area contributed by atoms with Crippen molar-refractivity contribution >= 4 is 0 Å². The molecule has 3 atom stereocenters. The van der Waals surface area contributed by atoms with Gasteiger partial charge in [0.25, 0.3) is 0 Å². The van der Waals surface area contributed by atoms with E-state index >= 15 is 0 Å². The van der Waals surface area contributed by atoms with Crippen LogP contribution in [0, 0.1) is 17.3 Å². The van der Waals surface area contributed by atoms with Crippen LogP contribution >= 0.6 is 0 Å². The van der Waals surface area contributed by atoms with E-state index in [1.54, 1.807) is 0 Å². The highest BCUT2D eigenvalue weighted by Crippen LogP contribution is 2.61. The Hall–Kier alpha value is -0.560. The first kappa shape index (κ1) is 11.9. The predicted octanol–water partition coefficient (Wildman–Crippen LogP) is 3.70. The third-order valence-electron chi connectivity index (χ3n) is 4.44. The maximum Gasteiger partial charge on any atom is 0.0616 e. The molecule has 0 aromatic carbocycles. The number of hydrogen-bond acceptors (Lipinski definition) is 1. The van der Waals surface area contributed by atoms with Gasteiger partial charge in [0.15, 0.2) is 0 Å². The fraction of sp³-hybridized carbons (Fsp3) is 0.733. The van der Waals surface area contributed by atoms with Gasteiger partial charge in [0.05, 0.1) is 6.10 Å². The summed E-state index contributed by atoms with van der Waals surface area (Å²) in [6.45, 7) is 8.94. The molecule has 0 aromatic heterocycles. The van der Waals surface area contributed by atoms with Gasteiger partial charge in [-0.1, -0.05) is 37.1 Å². The van der Waals surface area contributed by atoms with Crippen molar-refractivity contribution in [2.45, 2.75) is 53.1 Å². The first-order valence-electron chi connectivity index (χ1n) is 6.44. The van der Waals surface area contributed by atoms with Crippen molar-refractivity contribution in [2.75, 3.05) is 0 Å². The zero-order chi connectivity index (χ0) is 11.9. The van der Waals surface area contributed by atoms with Crippen molar-refractivity contribution in [1.82, 2.24) is 0 Å². The molecule has 16 heavy (non-hydrogen) atoms. The molecule has 0 saturated heterocycles. The average Bonchev–Trinajstić information content (AvgIpc) is 2.67. The fourth-order valence-electron chi connectivity index (χ4n) is 3.25. The monoisotopic (exact) mass is 220 g/mol. The van der Waals surface area contributed by atoms with Crippen LogP contribution in [-0.4, -0.2) is 11.2 Å². The van der Waals surface area contributed by atoms with E-state index in [4.69, 9.17) is 0 Å². The number of rotatable bonds is 0. The summed E-state index contributed by atoms with van der Waals surface area (Å²) in [5.41, 5.74) is 3.13. The Kier molecular flexibility index (Phi) is 3.00. The third-order valence-corrected chi connectivity index (χ3v) is 4.44. The minimum atomic E-state index is -0.154. The molecular weight excluding hydrogens is 196 g/mol. The van der Waals surface area contributed by atoms with Crippen LogP contribution in [0.5, 0.6) is 0 Å². The van der Waals surface area contributed by atoms with Gasteiger partial charge in [0.2, 0.25) is 0 Å². The molecule has 2 aliphatic carbocycles. The van der Waals surface area contributed by atoms with E-state index in [1.807, 2.05) is 0 Å². The van der Waals surface area contributed by atoms with E-state index in [2.05, 4.69) is 39.8 Å². The number of aliphatic hydroxyl groups is 1. The molecule has 0 spiro atoms. The van der Waals surface area contributed by atoms with E-state index < -0.39 is 0 Å². The van der Waals surface area contributed by atoms with Gasteiger partial charge in [0, 0.05) is 0 Å². The molecule has 1 N–H and O–H groups in total. The topological polar surface area (TPSA) is 20.2 Å². The number of aliphatic hydroxyl groups excluding tert-OH is 1. The lowest BCUT2D eigenvalue weighted by Crippen LogP contribution is -2.14. The second-order valence-corrected chi connectivity index (χ2v) is 6.25. The molecule has 0 radical (unpaired) electrons.